The average molecular weight is 324 g/mol. The molecule has 22 heavy (non-hydrogen) atoms. The molecule has 19 nitrogen and oxygen atoms in total. The molecule has 0 saturated heterocycles. The van der Waals surface area contributed by atoms with Gasteiger partial charge in [-0.15, -0.1) is 0 Å². The van der Waals surface area contributed by atoms with Crippen LogP contribution in [-0.2, 0) is 5.91 Å². The number of rotatable bonds is 6. The summed E-state index contributed by atoms with van der Waals surface area (Å²) in [5.41, 5.74) is 0. The van der Waals surface area contributed by atoms with Crippen LogP contribution in [0.2, 0.25) is 0 Å². The van der Waals surface area contributed by atoms with E-state index in [0.717, 1.165) is 0 Å². The van der Waals surface area contributed by atoms with E-state index in [0.29, 0.717) is 0 Å². The number of hydrogen-bond donors (Lipinski definition) is 0. The van der Waals surface area contributed by atoms with Crippen molar-refractivity contribution in [2.45, 2.75) is 5.91 Å². The fourth-order valence-electron chi connectivity index (χ4n) is 1.23. The lowest BCUT2D eigenvalue weighted by molar-refractivity contribution is -1.04. The van der Waals surface area contributed by atoms with E-state index < -0.39 is 51.8 Å². The highest BCUT2D eigenvalue weighted by Crippen LogP contribution is 2.24. The Kier molecular flexibility index (Phi) is 3.49. The standard InChI is InChI=1S/C3N8O11/c12-5-2(7(15)16)1(6(13)14)4-8(5)3(9(17)18,10(19)20)11(21)22. The fraction of sp³-hybridized carbons (Fsp3) is 0.333. The van der Waals surface area contributed by atoms with Gasteiger partial charge in [-0.2, -0.15) is 0 Å². The van der Waals surface area contributed by atoms with Crippen molar-refractivity contribution in [3.63, 3.8) is 0 Å². The van der Waals surface area contributed by atoms with Gasteiger partial charge in [0.25, 0.3) is 0 Å². The molecule has 1 rings (SSSR count). The minimum absolute atomic E-state index is 1.22. The Morgan fingerprint density at radius 2 is 1.27 bits per heavy atom. The highest BCUT2D eigenvalue weighted by atomic mass is 16.8. The first-order valence-corrected chi connectivity index (χ1v) is 4.45. The Balaban J connectivity index is 3.95. The van der Waals surface area contributed by atoms with Crippen molar-refractivity contribution in [3.05, 3.63) is 55.8 Å². The minimum atomic E-state index is -4.72. The minimum Gasteiger partial charge on any atom is -0.655 e. The zero-order valence-electron chi connectivity index (χ0n) is 9.57. The third kappa shape index (κ3) is 1.84. The van der Waals surface area contributed by atoms with E-state index in [2.05, 4.69) is 5.10 Å². The van der Waals surface area contributed by atoms with Crippen LogP contribution < -0.4 is 4.85 Å². The van der Waals surface area contributed by atoms with Gasteiger partial charge in [-0.05, 0) is 9.77 Å². The van der Waals surface area contributed by atoms with Crippen molar-refractivity contribution >= 4 is 11.6 Å². The lowest BCUT2D eigenvalue weighted by atomic mass is 10.7. The summed E-state index contributed by atoms with van der Waals surface area (Å²) in [4.78, 5) is 40.4. The van der Waals surface area contributed by atoms with Gasteiger partial charge in [-0.25, -0.2) is 0 Å². The third-order valence-corrected chi connectivity index (χ3v) is 2.09. The van der Waals surface area contributed by atoms with E-state index in [1.807, 2.05) is 0 Å². The van der Waals surface area contributed by atoms with E-state index in [1.54, 1.807) is 0 Å². The first-order valence-electron chi connectivity index (χ1n) is 4.45. The van der Waals surface area contributed by atoms with Crippen molar-refractivity contribution in [1.82, 2.24) is 9.90 Å². The second kappa shape index (κ2) is 4.80. The van der Waals surface area contributed by atoms with E-state index in [-0.39, 0.29) is 0 Å². The van der Waals surface area contributed by atoms with Crippen LogP contribution in [0.25, 0.3) is 0 Å². The fourth-order valence-corrected chi connectivity index (χ4v) is 1.23. The van der Waals surface area contributed by atoms with E-state index in [4.69, 9.17) is 0 Å². The summed E-state index contributed by atoms with van der Waals surface area (Å²) in [7, 11) is 0. The zero-order chi connectivity index (χ0) is 17.4. The normalized spacial score (nSPS) is 10.9. The summed E-state index contributed by atoms with van der Waals surface area (Å²) < 4.78 is 0. The molecule has 0 saturated carbocycles. The second-order valence-corrected chi connectivity index (χ2v) is 3.20. The molecule has 0 atom stereocenters. The van der Waals surface area contributed by atoms with Crippen LogP contribution in [0.4, 0.5) is 11.6 Å². The molecule has 0 fully saturated rings. The number of aromatic nitrogens is 3. The number of hydrogen-bond acceptors (Lipinski definition) is 12. The number of nitro groups is 5. The van der Waals surface area contributed by atoms with Crippen LogP contribution in [0.5, 0.6) is 0 Å². The highest BCUT2D eigenvalue weighted by Gasteiger charge is 2.83. The van der Waals surface area contributed by atoms with Gasteiger partial charge in [0.1, 0.15) is 0 Å². The second-order valence-electron chi connectivity index (χ2n) is 3.20. The van der Waals surface area contributed by atoms with E-state index in [9.17, 15) is 55.8 Å². The van der Waals surface area contributed by atoms with Crippen molar-refractivity contribution in [2.24, 2.45) is 0 Å². The van der Waals surface area contributed by atoms with Crippen molar-refractivity contribution < 1.29 is 29.5 Å². The van der Waals surface area contributed by atoms with E-state index >= 15 is 0 Å². The SMILES string of the molecule is O=[N+]([O-])c1nn(C([N+](=O)[O-])([N+](=O)[O-])[N+](=O)[O-])[n+]([O-])c1[N+](=O)[O-]. The van der Waals surface area contributed by atoms with Gasteiger partial charge in [-0.1, -0.05) is 0 Å². The van der Waals surface area contributed by atoms with Gasteiger partial charge in [-0.3, -0.25) is 30.3 Å². The van der Waals surface area contributed by atoms with Gasteiger partial charge in [0.05, 0.1) is 0 Å². The quantitative estimate of drug-likeness (QED) is 0.176. The predicted molar refractivity (Wildman–Crippen MR) is 53.5 cm³/mol. The molecule has 1 heterocycles. The monoisotopic (exact) mass is 324 g/mol. The van der Waals surface area contributed by atoms with Crippen molar-refractivity contribution in [3.8, 4) is 0 Å². The molecule has 1 aromatic heterocycles. The smallest absolute Gasteiger partial charge is 0.655 e. The maximum absolute atomic E-state index is 11.5. The Hall–Kier alpha value is -4.06. The Labute approximate surface area is 114 Å². The molecule has 0 N–H and O–H groups in total. The van der Waals surface area contributed by atoms with Gasteiger partial charge in [0, 0.05) is 4.92 Å². The van der Waals surface area contributed by atoms with Crippen molar-refractivity contribution in [1.29, 1.82) is 0 Å². The number of nitrogens with zero attached hydrogens (tertiary/aromatic N) is 8. The molecule has 0 bridgehead atoms. The largest absolute Gasteiger partial charge is 0.879 e. The third-order valence-electron chi connectivity index (χ3n) is 2.09. The van der Waals surface area contributed by atoms with Crippen LogP contribution in [0, 0.1) is 55.8 Å². The van der Waals surface area contributed by atoms with E-state index in [1.165, 1.54) is 0 Å². The lowest BCUT2D eigenvalue weighted by Crippen LogP contribution is -2.63. The summed E-state index contributed by atoms with van der Waals surface area (Å²) in [6.07, 6.45) is 0. The van der Waals surface area contributed by atoms with Gasteiger partial charge >= 0.3 is 17.5 Å². The summed E-state index contributed by atoms with van der Waals surface area (Å²) in [5.74, 6) is -8.74. The molecular weight excluding hydrogens is 324 g/mol. The molecule has 0 aliphatic rings. The maximum atomic E-state index is 11.5. The van der Waals surface area contributed by atoms with Crippen LogP contribution in [-0.4, -0.2) is 34.5 Å². The van der Waals surface area contributed by atoms with Gasteiger partial charge in [0.2, 0.25) is 19.6 Å². The molecule has 0 amide bonds. The lowest BCUT2D eigenvalue weighted by Gasteiger charge is -2.04. The predicted octanol–water partition coefficient (Wildman–Crippen LogP) is -2.27. The zero-order valence-corrected chi connectivity index (χ0v) is 9.57. The topological polar surface area (TPSA) is 260 Å². The maximum Gasteiger partial charge on any atom is 0.879 e. The summed E-state index contributed by atoms with van der Waals surface area (Å²) in [6, 6.07) is 0. The van der Waals surface area contributed by atoms with Crippen LogP contribution >= 0.6 is 0 Å². The molecule has 0 aromatic carbocycles. The van der Waals surface area contributed by atoms with Crippen molar-refractivity contribution in [2.75, 3.05) is 0 Å². The molecule has 0 unspecified atom stereocenters. The van der Waals surface area contributed by atoms with Gasteiger partial charge < -0.3 is 25.4 Å². The molecule has 0 radical (unpaired) electrons. The first-order chi connectivity index (χ1) is 9.99. The summed E-state index contributed by atoms with van der Waals surface area (Å²) in [5, 5.41) is 66.9. The molecule has 118 valence electrons. The Bertz CT molecular complexity index is 681. The summed E-state index contributed by atoms with van der Waals surface area (Å²) >= 11 is 0. The highest BCUT2D eigenvalue weighted by molar-refractivity contribution is 5.32. The molecule has 1 aromatic rings. The summed E-state index contributed by atoms with van der Waals surface area (Å²) in [6.45, 7) is 0. The molecular formula is C3N8O11. The molecule has 19 heteroatoms. The first kappa shape index (κ1) is 16.0. The molecule has 0 spiro atoms. The van der Waals surface area contributed by atoms with Gasteiger partial charge in [0.15, 0.2) is 5.10 Å². The Morgan fingerprint density at radius 3 is 1.50 bits per heavy atom. The van der Waals surface area contributed by atoms with Crippen LogP contribution in [0.3, 0.4) is 0 Å². The van der Waals surface area contributed by atoms with Crippen LogP contribution in [0.15, 0.2) is 0 Å². The average Bonchev–Trinajstić information content (AvgIpc) is 2.67. The Morgan fingerprint density at radius 1 is 0.864 bits per heavy atom. The van der Waals surface area contributed by atoms with Crippen LogP contribution in [0.1, 0.15) is 0 Å². The molecule has 0 aliphatic heterocycles. The molecule has 0 aliphatic carbocycles.